The Labute approximate surface area is 115 Å². The molecule has 0 radical (unpaired) electrons. The molecular formula is C13H17BrFNO2. The summed E-state index contributed by atoms with van der Waals surface area (Å²) in [4.78, 5) is 11.7. The van der Waals surface area contributed by atoms with Gasteiger partial charge < -0.3 is 10.4 Å². The summed E-state index contributed by atoms with van der Waals surface area (Å²) in [6, 6.07) is 4.15. The van der Waals surface area contributed by atoms with Crippen LogP contribution in [-0.2, 0) is 0 Å². The Morgan fingerprint density at radius 2 is 2.11 bits per heavy atom. The molecule has 3 nitrogen and oxygen atoms in total. The first kappa shape index (κ1) is 15.1. The van der Waals surface area contributed by atoms with Crippen LogP contribution in [0.2, 0.25) is 0 Å². The molecule has 5 heteroatoms. The number of amides is 1. The summed E-state index contributed by atoms with van der Waals surface area (Å²) in [7, 11) is 0. The number of rotatable bonds is 3. The van der Waals surface area contributed by atoms with Gasteiger partial charge in [0, 0.05) is 12.1 Å². The number of benzene rings is 1. The number of nitrogens with one attached hydrogen (secondary N) is 1. The van der Waals surface area contributed by atoms with E-state index in [1.165, 1.54) is 12.1 Å². The van der Waals surface area contributed by atoms with Gasteiger partial charge in [-0.15, -0.1) is 0 Å². The first-order valence-electron chi connectivity index (χ1n) is 5.63. The topological polar surface area (TPSA) is 49.3 Å². The predicted octanol–water partition coefficient (Wildman–Crippen LogP) is 2.73. The summed E-state index contributed by atoms with van der Waals surface area (Å²) in [5, 5.41) is 12.4. The Kier molecular flexibility index (Phi) is 4.87. The van der Waals surface area contributed by atoms with Gasteiger partial charge in [0.2, 0.25) is 0 Å². The van der Waals surface area contributed by atoms with Crippen molar-refractivity contribution in [2.45, 2.75) is 26.9 Å². The number of hydrogen-bond donors (Lipinski definition) is 2. The highest BCUT2D eigenvalue weighted by Gasteiger charge is 2.22. The van der Waals surface area contributed by atoms with Gasteiger partial charge >= 0.3 is 0 Å². The van der Waals surface area contributed by atoms with Crippen molar-refractivity contribution in [1.82, 2.24) is 5.32 Å². The van der Waals surface area contributed by atoms with Crippen LogP contribution in [0.5, 0.6) is 0 Å². The minimum atomic E-state index is -0.651. The third-order valence-corrected chi connectivity index (χ3v) is 3.28. The molecule has 2 N–H and O–H groups in total. The lowest BCUT2D eigenvalue weighted by molar-refractivity contribution is 0.0587. The fourth-order valence-corrected chi connectivity index (χ4v) is 1.48. The molecule has 18 heavy (non-hydrogen) atoms. The fourth-order valence-electron chi connectivity index (χ4n) is 1.23. The SMILES string of the molecule is CC(C)(C)C(O)CNC(=O)c1ccc(Br)c(F)c1. The molecule has 0 aliphatic carbocycles. The van der Waals surface area contributed by atoms with Crippen LogP contribution >= 0.6 is 15.9 Å². The lowest BCUT2D eigenvalue weighted by Gasteiger charge is -2.25. The molecule has 100 valence electrons. The van der Waals surface area contributed by atoms with Crippen molar-refractivity contribution in [1.29, 1.82) is 0 Å². The lowest BCUT2D eigenvalue weighted by Crippen LogP contribution is -2.39. The first-order chi connectivity index (χ1) is 8.21. The van der Waals surface area contributed by atoms with Gasteiger partial charge in [-0.25, -0.2) is 4.39 Å². The Morgan fingerprint density at radius 1 is 1.50 bits per heavy atom. The minimum absolute atomic E-state index is 0.139. The Hall–Kier alpha value is -0.940. The highest BCUT2D eigenvalue weighted by molar-refractivity contribution is 9.10. The van der Waals surface area contributed by atoms with Gasteiger partial charge in [-0.3, -0.25) is 4.79 Å². The molecular weight excluding hydrogens is 301 g/mol. The van der Waals surface area contributed by atoms with Gasteiger partial charge in [-0.2, -0.15) is 0 Å². The number of aliphatic hydroxyl groups is 1. The Bertz CT molecular complexity index is 443. The minimum Gasteiger partial charge on any atom is -0.391 e. The smallest absolute Gasteiger partial charge is 0.251 e. The van der Waals surface area contributed by atoms with Gasteiger partial charge in [0.15, 0.2) is 0 Å². The van der Waals surface area contributed by atoms with Gasteiger partial charge in [0.1, 0.15) is 5.82 Å². The fraction of sp³-hybridized carbons (Fsp3) is 0.462. The number of aliphatic hydroxyl groups excluding tert-OH is 1. The molecule has 0 aliphatic heterocycles. The molecule has 1 rings (SSSR count). The Balaban J connectivity index is 2.63. The second-order valence-corrected chi connectivity index (χ2v) is 6.08. The molecule has 0 saturated carbocycles. The molecule has 1 amide bonds. The third kappa shape index (κ3) is 4.07. The van der Waals surface area contributed by atoms with Crippen molar-refractivity contribution >= 4 is 21.8 Å². The first-order valence-corrected chi connectivity index (χ1v) is 6.42. The van der Waals surface area contributed by atoms with Gasteiger partial charge in [-0.05, 0) is 39.5 Å². The van der Waals surface area contributed by atoms with Gasteiger partial charge in [0.25, 0.3) is 5.91 Å². The van der Waals surface area contributed by atoms with Gasteiger partial charge in [0.05, 0.1) is 10.6 Å². The summed E-state index contributed by atoms with van der Waals surface area (Å²) in [6.45, 7) is 5.77. The van der Waals surface area contributed by atoms with Crippen molar-refractivity contribution in [3.05, 3.63) is 34.1 Å². The lowest BCUT2D eigenvalue weighted by atomic mass is 9.89. The second kappa shape index (κ2) is 5.80. The van der Waals surface area contributed by atoms with E-state index in [1.807, 2.05) is 20.8 Å². The molecule has 1 atom stereocenters. The molecule has 0 bridgehead atoms. The molecule has 0 aromatic heterocycles. The monoisotopic (exact) mass is 317 g/mol. The predicted molar refractivity (Wildman–Crippen MR) is 71.9 cm³/mol. The van der Waals surface area contributed by atoms with E-state index in [1.54, 1.807) is 0 Å². The van der Waals surface area contributed by atoms with E-state index in [0.29, 0.717) is 4.47 Å². The third-order valence-electron chi connectivity index (χ3n) is 2.64. The summed E-state index contributed by atoms with van der Waals surface area (Å²) in [5.74, 6) is -0.885. The Morgan fingerprint density at radius 3 is 2.61 bits per heavy atom. The van der Waals surface area contributed by atoms with Crippen LogP contribution in [-0.4, -0.2) is 23.7 Å². The zero-order valence-corrected chi connectivity index (χ0v) is 12.2. The molecule has 0 saturated heterocycles. The summed E-state index contributed by atoms with van der Waals surface area (Å²) in [6.07, 6.45) is -0.651. The van der Waals surface area contributed by atoms with E-state index >= 15 is 0 Å². The van der Waals surface area contributed by atoms with Crippen LogP contribution in [0.4, 0.5) is 4.39 Å². The summed E-state index contributed by atoms with van der Waals surface area (Å²) < 4.78 is 13.6. The average molecular weight is 318 g/mol. The van der Waals surface area contributed by atoms with E-state index in [4.69, 9.17) is 0 Å². The van der Waals surface area contributed by atoms with E-state index in [2.05, 4.69) is 21.2 Å². The molecule has 0 spiro atoms. The highest BCUT2D eigenvalue weighted by Crippen LogP contribution is 2.19. The maximum absolute atomic E-state index is 13.3. The van der Waals surface area contributed by atoms with Crippen molar-refractivity contribution in [3.63, 3.8) is 0 Å². The highest BCUT2D eigenvalue weighted by atomic mass is 79.9. The number of halogens is 2. The van der Waals surface area contributed by atoms with Crippen LogP contribution in [0, 0.1) is 11.2 Å². The number of carbonyl (C=O) groups is 1. The van der Waals surface area contributed by atoms with Crippen molar-refractivity contribution in [2.75, 3.05) is 6.54 Å². The molecule has 1 unspecified atom stereocenters. The standard InChI is InChI=1S/C13H17BrFNO2/c1-13(2,3)11(17)7-16-12(18)8-4-5-9(14)10(15)6-8/h4-6,11,17H,7H2,1-3H3,(H,16,18). The molecule has 1 aromatic carbocycles. The van der Waals surface area contributed by atoms with E-state index in [-0.39, 0.29) is 17.5 Å². The summed E-state index contributed by atoms with van der Waals surface area (Å²) in [5.41, 5.74) is -0.0741. The van der Waals surface area contributed by atoms with Gasteiger partial charge in [-0.1, -0.05) is 20.8 Å². The molecule has 0 fully saturated rings. The van der Waals surface area contributed by atoms with Crippen molar-refractivity contribution < 1.29 is 14.3 Å². The van der Waals surface area contributed by atoms with Crippen LogP contribution < -0.4 is 5.32 Å². The quantitative estimate of drug-likeness (QED) is 0.900. The van der Waals surface area contributed by atoms with Crippen LogP contribution in [0.1, 0.15) is 31.1 Å². The average Bonchev–Trinajstić information content (AvgIpc) is 2.27. The van der Waals surface area contributed by atoms with Crippen LogP contribution in [0.25, 0.3) is 0 Å². The van der Waals surface area contributed by atoms with Crippen LogP contribution in [0.15, 0.2) is 22.7 Å². The van der Waals surface area contributed by atoms with Crippen molar-refractivity contribution in [2.24, 2.45) is 5.41 Å². The number of hydrogen-bond acceptors (Lipinski definition) is 2. The van der Waals surface area contributed by atoms with E-state index in [0.717, 1.165) is 6.07 Å². The largest absolute Gasteiger partial charge is 0.391 e. The zero-order chi connectivity index (χ0) is 13.9. The van der Waals surface area contributed by atoms with Crippen LogP contribution in [0.3, 0.4) is 0 Å². The van der Waals surface area contributed by atoms with Crippen molar-refractivity contribution in [3.8, 4) is 0 Å². The second-order valence-electron chi connectivity index (χ2n) is 5.22. The summed E-state index contributed by atoms with van der Waals surface area (Å²) >= 11 is 3.02. The normalized spacial score (nSPS) is 13.2. The number of carbonyl (C=O) groups excluding carboxylic acids is 1. The zero-order valence-electron chi connectivity index (χ0n) is 10.6. The molecule has 1 aromatic rings. The van der Waals surface area contributed by atoms with E-state index in [9.17, 15) is 14.3 Å². The molecule has 0 heterocycles. The maximum Gasteiger partial charge on any atom is 0.251 e. The van der Waals surface area contributed by atoms with E-state index < -0.39 is 17.8 Å². The maximum atomic E-state index is 13.3. The molecule has 0 aliphatic rings.